The molecule has 2 aliphatic carbocycles. The molecule has 0 spiro atoms. The standard InChI is InChI=1S/C25H44F3NO2Si/c1-17(16-29-22(30)15-18(2)25(26,27)28)19-11-9-12-20-21(13-10-14-24(19,20)6)31-32(7,8)23(3,4)5/h15,17,19-21H,9-14,16H2,1-8H3,(H,29,30). The van der Waals surface area contributed by atoms with Crippen LogP contribution >= 0.6 is 0 Å². The Morgan fingerprint density at radius 3 is 2.38 bits per heavy atom. The first kappa shape index (κ1) is 27.4. The molecule has 0 saturated heterocycles. The van der Waals surface area contributed by atoms with Crippen molar-refractivity contribution in [3.05, 3.63) is 11.6 Å². The van der Waals surface area contributed by atoms with Crippen LogP contribution in [0.5, 0.6) is 0 Å². The molecule has 0 bridgehead atoms. The highest BCUT2D eigenvalue weighted by Crippen LogP contribution is 2.57. The van der Waals surface area contributed by atoms with Crippen molar-refractivity contribution < 1.29 is 22.4 Å². The summed E-state index contributed by atoms with van der Waals surface area (Å²) in [5, 5.41) is 2.90. The highest BCUT2D eigenvalue weighted by Gasteiger charge is 2.52. The van der Waals surface area contributed by atoms with E-state index in [9.17, 15) is 18.0 Å². The van der Waals surface area contributed by atoms with Gasteiger partial charge in [0.2, 0.25) is 5.91 Å². The highest BCUT2D eigenvalue weighted by molar-refractivity contribution is 6.74. The molecular formula is C25H44F3NO2Si. The van der Waals surface area contributed by atoms with Gasteiger partial charge in [0.25, 0.3) is 0 Å². The van der Waals surface area contributed by atoms with Crippen molar-refractivity contribution in [3.8, 4) is 0 Å². The Kier molecular flexibility index (Phi) is 8.41. The zero-order valence-corrected chi connectivity index (χ0v) is 22.3. The molecule has 2 fully saturated rings. The van der Waals surface area contributed by atoms with Gasteiger partial charge < -0.3 is 9.74 Å². The van der Waals surface area contributed by atoms with Gasteiger partial charge in [-0.25, -0.2) is 0 Å². The molecule has 0 aromatic heterocycles. The molecule has 0 aliphatic heterocycles. The quantitative estimate of drug-likeness (QED) is 0.325. The summed E-state index contributed by atoms with van der Waals surface area (Å²) < 4.78 is 45.1. The smallest absolute Gasteiger partial charge is 0.412 e. The molecule has 5 unspecified atom stereocenters. The maximum absolute atomic E-state index is 12.7. The van der Waals surface area contributed by atoms with Crippen LogP contribution in [0.2, 0.25) is 18.1 Å². The number of fused-ring (bicyclic) bond motifs is 1. The molecule has 0 radical (unpaired) electrons. The van der Waals surface area contributed by atoms with E-state index in [0.29, 0.717) is 24.5 Å². The maximum atomic E-state index is 12.7. The van der Waals surface area contributed by atoms with Crippen LogP contribution in [-0.4, -0.2) is 33.0 Å². The van der Waals surface area contributed by atoms with Crippen LogP contribution in [0.1, 0.15) is 80.1 Å². The number of rotatable bonds is 6. The number of hydrogen-bond acceptors (Lipinski definition) is 2. The Morgan fingerprint density at radius 2 is 1.81 bits per heavy atom. The Balaban J connectivity index is 2.10. The predicted octanol–water partition coefficient (Wildman–Crippen LogP) is 7.24. The molecule has 3 nitrogen and oxygen atoms in total. The third kappa shape index (κ3) is 6.19. The van der Waals surface area contributed by atoms with Crippen LogP contribution in [0.25, 0.3) is 0 Å². The molecule has 0 aromatic rings. The minimum atomic E-state index is -4.46. The molecule has 7 heteroatoms. The molecule has 0 heterocycles. The fraction of sp³-hybridized carbons (Fsp3) is 0.880. The number of allylic oxidation sites excluding steroid dienone is 1. The number of amides is 1. The topological polar surface area (TPSA) is 38.3 Å². The Labute approximate surface area is 194 Å². The van der Waals surface area contributed by atoms with E-state index in [-0.39, 0.29) is 22.5 Å². The van der Waals surface area contributed by atoms with Gasteiger partial charge in [-0.1, -0.05) is 47.5 Å². The summed E-state index contributed by atoms with van der Waals surface area (Å²) >= 11 is 0. The average Bonchev–Trinajstić information content (AvgIpc) is 2.63. The van der Waals surface area contributed by atoms with E-state index in [2.05, 4.69) is 53.0 Å². The molecule has 32 heavy (non-hydrogen) atoms. The fourth-order valence-corrected chi connectivity index (χ4v) is 7.12. The van der Waals surface area contributed by atoms with Crippen LogP contribution < -0.4 is 5.32 Å². The van der Waals surface area contributed by atoms with Gasteiger partial charge in [0, 0.05) is 24.3 Å². The number of alkyl halides is 3. The predicted molar refractivity (Wildman–Crippen MR) is 127 cm³/mol. The summed E-state index contributed by atoms with van der Waals surface area (Å²) in [7, 11) is -1.87. The number of hydrogen-bond donors (Lipinski definition) is 1. The number of carbonyl (C=O) groups is 1. The summed E-state index contributed by atoms with van der Waals surface area (Å²) in [6.45, 7) is 17.4. The van der Waals surface area contributed by atoms with E-state index >= 15 is 0 Å². The average molecular weight is 476 g/mol. The third-order valence-corrected chi connectivity index (χ3v) is 13.2. The van der Waals surface area contributed by atoms with Crippen LogP contribution in [0.3, 0.4) is 0 Å². The summed E-state index contributed by atoms with van der Waals surface area (Å²) in [5.74, 6) is 0.486. The molecule has 186 valence electrons. The SMILES string of the molecule is CC(=CC(=O)NCC(C)C1CCCC2C(O[Si](C)(C)C(C)(C)C)CCCC12C)C(F)(F)F. The first-order chi connectivity index (χ1) is 14.5. The normalized spacial score (nSPS) is 31.1. The lowest BCUT2D eigenvalue weighted by Crippen LogP contribution is -2.54. The summed E-state index contributed by atoms with van der Waals surface area (Å²) in [5.41, 5.74) is -0.726. The molecule has 2 rings (SSSR count). The molecule has 2 aliphatic rings. The summed E-state index contributed by atoms with van der Waals surface area (Å²) in [6.07, 6.45) is 3.35. The van der Waals surface area contributed by atoms with Crippen LogP contribution in [0, 0.1) is 23.2 Å². The molecule has 2 saturated carbocycles. The lowest BCUT2D eigenvalue weighted by atomic mass is 9.52. The Morgan fingerprint density at radius 1 is 1.19 bits per heavy atom. The van der Waals surface area contributed by atoms with E-state index in [4.69, 9.17) is 4.43 Å². The Hall–Kier alpha value is -0.823. The van der Waals surface area contributed by atoms with Crippen molar-refractivity contribution in [1.82, 2.24) is 5.32 Å². The van der Waals surface area contributed by atoms with Gasteiger partial charge in [0.05, 0.1) is 0 Å². The third-order valence-electron chi connectivity index (χ3n) is 8.71. The summed E-state index contributed by atoms with van der Waals surface area (Å²) in [4.78, 5) is 12.0. The minimum Gasteiger partial charge on any atom is -0.414 e. The van der Waals surface area contributed by atoms with Gasteiger partial charge >= 0.3 is 6.18 Å². The molecule has 1 amide bonds. The fourth-order valence-electron chi connectivity index (χ4n) is 5.72. The number of nitrogens with one attached hydrogen (secondary N) is 1. The number of halogens is 3. The zero-order valence-electron chi connectivity index (χ0n) is 21.3. The zero-order chi connectivity index (χ0) is 24.5. The van der Waals surface area contributed by atoms with E-state index in [1.165, 1.54) is 6.42 Å². The molecular weight excluding hydrogens is 431 g/mol. The monoisotopic (exact) mass is 475 g/mol. The summed E-state index contributed by atoms with van der Waals surface area (Å²) in [6, 6.07) is 0. The van der Waals surface area contributed by atoms with Gasteiger partial charge in [0.15, 0.2) is 8.32 Å². The van der Waals surface area contributed by atoms with Crippen molar-refractivity contribution in [3.63, 3.8) is 0 Å². The molecule has 5 atom stereocenters. The lowest BCUT2D eigenvalue weighted by molar-refractivity contribution is -0.119. The first-order valence-electron chi connectivity index (χ1n) is 12.2. The van der Waals surface area contributed by atoms with Gasteiger partial charge in [-0.2, -0.15) is 13.2 Å². The van der Waals surface area contributed by atoms with Gasteiger partial charge in [-0.3, -0.25) is 4.79 Å². The molecule has 1 N–H and O–H groups in total. The second kappa shape index (κ2) is 9.81. The largest absolute Gasteiger partial charge is 0.414 e. The minimum absolute atomic E-state index is 0.144. The van der Waals surface area contributed by atoms with Crippen LogP contribution in [0.4, 0.5) is 13.2 Å². The first-order valence-corrected chi connectivity index (χ1v) is 15.1. The molecule has 0 aromatic carbocycles. The van der Waals surface area contributed by atoms with Crippen molar-refractivity contribution in [2.45, 2.75) is 110 Å². The second-order valence-corrected chi connectivity index (χ2v) is 16.8. The van der Waals surface area contributed by atoms with Gasteiger partial charge in [-0.15, -0.1) is 0 Å². The van der Waals surface area contributed by atoms with E-state index in [0.717, 1.165) is 39.0 Å². The Bertz CT molecular complexity index is 698. The van der Waals surface area contributed by atoms with Crippen molar-refractivity contribution in [1.29, 1.82) is 0 Å². The second-order valence-electron chi connectivity index (χ2n) is 12.0. The van der Waals surface area contributed by atoms with Gasteiger partial charge in [0.1, 0.15) is 0 Å². The van der Waals surface area contributed by atoms with Crippen LogP contribution in [-0.2, 0) is 9.22 Å². The number of carbonyl (C=O) groups excluding carboxylic acids is 1. The lowest BCUT2D eigenvalue weighted by Gasteiger charge is -2.56. The van der Waals surface area contributed by atoms with Crippen molar-refractivity contribution in [2.24, 2.45) is 23.2 Å². The van der Waals surface area contributed by atoms with Crippen LogP contribution in [0.15, 0.2) is 11.6 Å². The maximum Gasteiger partial charge on any atom is 0.412 e. The van der Waals surface area contributed by atoms with Crippen molar-refractivity contribution >= 4 is 14.2 Å². The van der Waals surface area contributed by atoms with E-state index in [1.54, 1.807) is 0 Å². The van der Waals surface area contributed by atoms with Gasteiger partial charge in [-0.05, 0) is 73.9 Å². The van der Waals surface area contributed by atoms with Crippen molar-refractivity contribution in [2.75, 3.05) is 6.54 Å². The van der Waals surface area contributed by atoms with E-state index in [1.807, 2.05) is 0 Å². The van der Waals surface area contributed by atoms with E-state index < -0.39 is 26.0 Å². The highest BCUT2D eigenvalue weighted by atomic mass is 28.4.